The Morgan fingerprint density at radius 1 is 1.03 bits per heavy atom. The number of rotatable bonds is 6. The molecule has 3 aromatic rings. The highest BCUT2D eigenvalue weighted by Crippen LogP contribution is 2.44. The molecule has 202 valence electrons. The highest BCUT2D eigenvalue weighted by Gasteiger charge is 2.52. The Morgan fingerprint density at radius 2 is 1.59 bits per heavy atom. The first kappa shape index (κ1) is 27.4. The zero-order valence-electron chi connectivity index (χ0n) is 22.8. The number of hydrogen-bond donors (Lipinski definition) is 1. The first-order chi connectivity index (χ1) is 18.5. The van der Waals surface area contributed by atoms with Crippen LogP contribution in [-0.2, 0) is 14.0 Å². The van der Waals surface area contributed by atoms with Crippen molar-refractivity contribution >= 4 is 30.9 Å². The van der Waals surface area contributed by atoms with Crippen molar-refractivity contribution in [3.8, 4) is 11.1 Å². The number of carbonyl (C=O) groups is 1. The lowest BCUT2D eigenvalue weighted by atomic mass is 9.77. The Labute approximate surface area is 234 Å². The van der Waals surface area contributed by atoms with E-state index < -0.39 is 24.4 Å². The topological polar surface area (TPSA) is 56.8 Å². The number of alkyl carbamates (subject to hydrolysis) is 1. The first-order valence-corrected chi connectivity index (χ1v) is 13.5. The first-order valence-electron chi connectivity index (χ1n) is 13.1. The minimum absolute atomic E-state index is 0.0457. The molecule has 2 aliphatic rings. The molecule has 0 saturated carbocycles. The predicted molar refractivity (Wildman–Crippen MR) is 153 cm³/mol. The molecule has 0 bridgehead atoms. The average molecular weight is 548 g/mol. The molecular weight excluding hydrogens is 516 g/mol. The lowest BCUT2D eigenvalue weighted by Gasteiger charge is -2.32. The van der Waals surface area contributed by atoms with Crippen LogP contribution < -0.4 is 5.32 Å². The van der Waals surface area contributed by atoms with E-state index >= 15 is 0 Å². The van der Waals surface area contributed by atoms with Gasteiger partial charge >= 0.3 is 13.2 Å². The molecule has 39 heavy (non-hydrogen) atoms. The molecular formula is C31H32BClFNO4. The molecule has 0 unspecified atom stereocenters. The molecule has 5 nitrogen and oxygen atoms in total. The van der Waals surface area contributed by atoms with E-state index in [2.05, 4.69) is 29.6 Å². The van der Waals surface area contributed by atoms with Crippen LogP contribution in [0.25, 0.3) is 17.2 Å². The fourth-order valence-corrected chi connectivity index (χ4v) is 5.27. The number of halogens is 2. The minimum Gasteiger partial charge on any atom is -0.449 e. The lowest BCUT2D eigenvalue weighted by molar-refractivity contribution is 0.00578. The van der Waals surface area contributed by atoms with Gasteiger partial charge < -0.3 is 19.4 Å². The smallest absolute Gasteiger partial charge is 0.449 e. The van der Waals surface area contributed by atoms with E-state index in [4.69, 9.17) is 25.6 Å². The van der Waals surface area contributed by atoms with Crippen LogP contribution >= 0.6 is 11.6 Å². The van der Waals surface area contributed by atoms with Crippen LogP contribution in [0.1, 0.15) is 55.9 Å². The molecule has 0 radical (unpaired) electrons. The Balaban J connectivity index is 1.33. The van der Waals surface area contributed by atoms with Crippen LogP contribution in [0, 0.1) is 12.7 Å². The van der Waals surface area contributed by atoms with Gasteiger partial charge in [0.25, 0.3) is 0 Å². The van der Waals surface area contributed by atoms with Crippen molar-refractivity contribution in [3.05, 3.63) is 99.2 Å². The summed E-state index contributed by atoms with van der Waals surface area (Å²) in [5.41, 5.74) is 4.93. The SMILES string of the molecule is Cc1cc(Cl)c(C=C(CNC(=O)OCC2c3ccccc3-c3ccccc32)B2OC(C)(C)C(C)(C)O2)cc1F. The molecule has 8 heteroatoms. The maximum Gasteiger partial charge on any atom is 0.492 e. The zero-order chi connectivity index (χ0) is 27.9. The molecule has 1 amide bonds. The van der Waals surface area contributed by atoms with Gasteiger partial charge in [-0.1, -0.05) is 66.2 Å². The van der Waals surface area contributed by atoms with Gasteiger partial charge in [-0.15, -0.1) is 0 Å². The molecule has 0 aromatic heterocycles. The van der Waals surface area contributed by atoms with Crippen molar-refractivity contribution in [2.24, 2.45) is 0 Å². The summed E-state index contributed by atoms with van der Waals surface area (Å²) in [5.74, 6) is -0.418. The Bertz CT molecular complexity index is 1390. The van der Waals surface area contributed by atoms with Crippen molar-refractivity contribution in [1.82, 2.24) is 5.32 Å². The van der Waals surface area contributed by atoms with Crippen LogP contribution in [-0.4, -0.2) is 37.6 Å². The van der Waals surface area contributed by atoms with Gasteiger partial charge in [0.05, 0.1) is 11.2 Å². The summed E-state index contributed by atoms with van der Waals surface area (Å²) in [5, 5.41) is 3.22. The second kappa shape index (κ2) is 10.5. The molecule has 1 fully saturated rings. The molecule has 1 heterocycles. The molecule has 1 aliphatic heterocycles. The Kier molecular flexibility index (Phi) is 7.36. The standard InChI is InChI=1S/C31H32BClFNO4/c1-19-14-27(33)20(16-28(19)34)15-21(32-38-30(2,3)31(4,5)39-32)17-35-29(36)37-18-26-24-12-8-6-10-22(24)23-11-7-9-13-25(23)26/h6-16,26H,17-18H2,1-5H3,(H,35,36). The quantitative estimate of drug-likeness (QED) is 0.328. The lowest BCUT2D eigenvalue weighted by Crippen LogP contribution is -2.41. The average Bonchev–Trinajstić information content (AvgIpc) is 3.32. The monoisotopic (exact) mass is 547 g/mol. The number of ether oxygens (including phenoxy) is 1. The molecule has 1 saturated heterocycles. The van der Waals surface area contributed by atoms with Gasteiger partial charge in [0.15, 0.2) is 0 Å². The number of benzene rings is 3. The fourth-order valence-electron chi connectivity index (χ4n) is 4.99. The fraction of sp³-hybridized carbons (Fsp3) is 0.323. The summed E-state index contributed by atoms with van der Waals surface area (Å²) in [7, 11) is -0.760. The third kappa shape index (κ3) is 5.36. The summed E-state index contributed by atoms with van der Waals surface area (Å²) in [4.78, 5) is 12.9. The van der Waals surface area contributed by atoms with E-state index in [-0.39, 0.29) is 24.9 Å². The van der Waals surface area contributed by atoms with E-state index in [1.165, 1.54) is 6.07 Å². The number of aryl methyl sites for hydroxylation is 1. The van der Waals surface area contributed by atoms with Gasteiger partial charge in [-0.2, -0.15) is 0 Å². The van der Waals surface area contributed by atoms with Crippen LogP contribution in [0.15, 0.2) is 66.1 Å². The van der Waals surface area contributed by atoms with Crippen LogP contribution in [0.2, 0.25) is 5.02 Å². The molecule has 1 N–H and O–H groups in total. The van der Waals surface area contributed by atoms with Gasteiger partial charge in [-0.05, 0) is 85.6 Å². The van der Waals surface area contributed by atoms with Gasteiger partial charge in [-0.3, -0.25) is 0 Å². The van der Waals surface area contributed by atoms with Crippen molar-refractivity contribution in [1.29, 1.82) is 0 Å². The molecule has 1 aliphatic carbocycles. The van der Waals surface area contributed by atoms with Gasteiger partial charge in [-0.25, -0.2) is 9.18 Å². The number of hydrogen-bond acceptors (Lipinski definition) is 4. The van der Waals surface area contributed by atoms with Crippen LogP contribution in [0.4, 0.5) is 9.18 Å². The zero-order valence-corrected chi connectivity index (χ0v) is 23.6. The predicted octanol–water partition coefficient (Wildman–Crippen LogP) is 7.34. The summed E-state index contributed by atoms with van der Waals surface area (Å²) >= 11 is 6.43. The molecule has 5 rings (SSSR count). The summed E-state index contributed by atoms with van der Waals surface area (Å²) in [6, 6.07) is 19.3. The third-order valence-electron chi connectivity index (χ3n) is 7.96. The summed E-state index contributed by atoms with van der Waals surface area (Å²) in [6.07, 6.45) is 1.14. The second-order valence-electron chi connectivity index (χ2n) is 11.1. The Morgan fingerprint density at radius 3 is 2.18 bits per heavy atom. The van der Waals surface area contributed by atoms with E-state index in [9.17, 15) is 9.18 Å². The summed E-state index contributed by atoms with van der Waals surface area (Å²) < 4.78 is 32.5. The van der Waals surface area contributed by atoms with E-state index in [0.29, 0.717) is 21.6 Å². The minimum atomic E-state index is -0.760. The number of carbonyl (C=O) groups excluding carboxylic acids is 1. The number of fused-ring (bicyclic) bond motifs is 3. The van der Waals surface area contributed by atoms with Crippen molar-refractivity contribution in [2.75, 3.05) is 13.2 Å². The number of amides is 1. The van der Waals surface area contributed by atoms with Crippen LogP contribution in [0.5, 0.6) is 0 Å². The second-order valence-corrected chi connectivity index (χ2v) is 11.5. The van der Waals surface area contributed by atoms with Gasteiger partial charge in [0, 0.05) is 17.5 Å². The van der Waals surface area contributed by atoms with Crippen molar-refractivity contribution in [3.63, 3.8) is 0 Å². The maximum atomic E-state index is 14.4. The van der Waals surface area contributed by atoms with Crippen molar-refractivity contribution < 1.29 is 23.2 Å². The summed E-state index contributed by atoms with van der Waals surface area (Å²) in [6.45, 7) is 9.71. The third-order valence-corrected chi connectivity index (χ3v) is 8.28. The molecule has 3 aromatic carbocycles. The van der Waals surface area contributed by atoms with Crippen LogP contribution in [0.3, 0.4) is 0 Å². The maximum absolute atomic E-state index is 14.4. The highest BCUT2D eigenvalue weighted by atomic mass is 35.5. The Hall–Kier alpha value is -3.13. The number of nitrogens with one attached hydrogen (secondary N) is 1. The van der Waals surface area contributed by atoms with E-state index in [0.717, 1.165) is 22.3 Å². The van der Waals surface area contributed by atoms with E-state index in [1.807, 2.05) is 52.0 Å². The van der Waals surface area contributed by atoms with Crippen molar-refractivity contribution in [2.45, 2.75) is 51.7 Å². The molecule has 0 atom stereocenters. The van der Waals surface area contributed by atoms with Gasteiger partial charge in [0.2, 0.25) is 0 Å². The largest absolute Gasteiger partial charge is 0.492 e. The van der Waals surface area contributed by atoms with Gasteiger partial charge in [0.1, 0.15) is 12.4 Å². The molecule has 0 spiro atoms. The highest BCUT2D eigenvalue weighted by molar-refractivity contribution is 6.56. The normalized spacial score (nSPS) is 17.6. The van der Waals surface area contributed by atoms with E-state index in [1.54, 1.807) is 19.1 Å².